The second-order valence-electron chi connectivity index (χ2n) is 4.76. The second kappa shape index (κ2) is 5.47. The summed E-state index contributed by atoms with van der Waals surface area (Å²) in [5.41, 5.74) is -0.0521. The summed E-state index contributed by atoms with van der Waals surface area (Å²) < 4.78 is 39.0. The predicted octanol–water partition coefficient (Wildman–Crippen LogP) is 0.900. The van der Waals surface area contributed by atoms with Gasteiger partial charge in [0, 0.05) is 0 Å². The molecule has 2 aromatic heterocycles. The molecular weight excluding hydrogens is 315 g/mol. The van der Waals surface area contributed by atoms with Crippen molar-refractivity contribution < 1.29 is 18.3 Å². The van der Waals surface area contributed by atoms with E-state index in [9.17, 15) is 18.0 Å². The van der Waals surface area contributed by atoms with Crippen molar-refractivity contribution in [2.45, 2.75) is 18.8 Å². The van der Waals surface area contributed by atoms with Gasteiger partial charge in [-0.3, -0.25) is 4.79 Å². The molecule has 1 aromatic carbocycles. The van der Waals surface area contributed by atoms with Crippen molar-refractivity contribution in [1.82, 2.24) is 24.8 Å². The molecule has 0 aliphatic rings. The Morgan fingerprint density at radius 1 is 1.22 bits per heavy atom. The van der Waals surface area contributed by atoms with Crippen molar-refractivity contribution in [3.63, 3.8) is 0 Å². The maximum absolute atomic E-state index is 12.4. The second-order valence-corrected chi connectivity index (χ2v) is 4.76. The van der Waals surface area contributed by atoms with Gasteiger partial charge in [0.1, 0.15) is 5.39 Å². The number of rotatable bonds is 3. The highest BCUT2D eigenvalue weighted by molar-refractivity contribution is 5.74. The molecule has 0 unspecified atom stereocenters. The summed E-state index contributed by atoms with van der Waals surface area (Å²) in [6, 6.07) is 8.78. The Kier molecular flexibility index (Phi) is 3.60. The van der Waals surface area contributed by atoms with Crippen LogP contribution in [0, 0.1) is 0 Å². The summed E-state index contributed by atoms with van der Waals surface area (Å²) in [6.45, 7) is -1.03. The molecule has 0 fully saturated rings. The molecule has 0 spiro atoms. The molecule has 0 aliphatic carbocycles. The van der Waals surface area contributed by atoms with Crippen LogP contribution in [0.15, 0.2) is 41.3 Å². The van der Waals surface area contributed by atoms with E-state index in [0.29, 0.717) is 10.4 Å². The molecule has 0 saturated carbocycles. The molecule has 10 heteroatoms. The van der Waals surface area contributed by atoms with Crippen molar-refractivity contribution >= 4 is 11.0 Å². The van der Waals surface area contributed by atoms with Crippen LogP contribution in [-0.2, 0) is 6.54 Å². The number of halogens is 3. The van der Waals surface area contributed by atoms with Crippen LogP contribution < -0.4 is 5.56 Å². The van der Waals surface area contributed by atoms with Crippen LogP contribution in [0.5, 0.6) is 0 Å². The van der Waals surface area contributed by atoms with Gasteiger partial charge in [-0.15, -0.1) is 5.10 Å². The first-order valence-corrected chi connectivity index (χ1v) is 6.49. The van der Waals surface area contributed by atoms with Crippen molar-refractivity contribution in [3.8, 4) is 5.69 Å². The first-order chi connectivity index (χ1) is 10.9. The molecule has 3 rings (SSSR count). The third kappa shape index (κ3) is 2.80. The van der Waals surface area contributed by atoms with E-state index in [1.807, 2.05) is 0 Å². The molecule has 0 radical (unpaired) electrons. The maximum Gasteiger partial charge on any atom is 0.416 e. The number of benzene rings is 1. The van der Waals surface area contributed by atoms with Crippen molar-refractivity contribution in [2.24, 2.45) is 0 Å². The van der Waals surface area contributed by atoms with Crippen molar-refractivity contribution in [2.75, 3.05) is 0 Å². The molecule has 0 aliphatic heterocycles. The number of aliphatic hydroxyl groups excluding tert-OH is 1. The average Bonchev–Trinajstić information content (AvgIpc) is 2.94. The molecule has 1 N–H and O–H groups in total. The molecular formula is C13H10F3N5O2. The van der Waals surface area contributed by atoms with Crippen LogP contribution >= 0.6 is 0 Å². The van der Waals surface area contributed by atoms with Gasteiger partial charge in [-0.2, -0.15) is 18.3 Å². The van der Waals surface area contributed by atoms with Crippen LogP contribution in [0.2, 0.25) is 0 Å². The molecule has 0 bridgehead atoms. The molecule has 120 valence electrons. The Hall–Kier alpha value is -2.75. The molecule has 0 amide bonds. The summed E-state index contributed by atoms with van der Waals surface area (Å²) in [7, 11) is 0. The van der Waals surface area contributed by atoms with E-state index in [4.69, 9.17) is 5.11 Å². The quantitative estimate of drug-likeness (QED) is 0.773. The van der Waals surface area contributed by atoms with Crippen LogP contribution in [0.25, 0.3) is 16.7 Å². The number of nitrogens with zero attached hydrogens (tertiary/aromatic N) is 5. The van der Waals surface area contributed by atoms with Gasteiger partial charge in [-0.25, -0.2) is 9.36 Å². The molecule has 1 atom stereocenters. The summed E-state index contributed by atoms with van der Waals surface area (Å²) in [6.07, 6.45) is -6.34. The van der Waals surface area contributed by atoms with Crippen LogP contribution in [0.4, 0.5) is 13.2 Å². The number of alkyl halides is 3. The number of aliphatic hydroxyl groups is 1. The van der Waals surface area contributed by atoms with Crippen molar-refractivity contribution in [1.29, 1.82) is 0 Å². The monoisotopic (exact) mass is 325 g/mol. The number of hydrogen-bond donors (Lipinski definition) is 1. The van der Waals surface area contributed by atoms with Gasteiger partial charge in [0.25, 0.3) is 5.56 Å². The Balaban J connectivity index is 2.04. The number of aromatic nitrogens is 5. The number of fused-ring (bicyclic) bond motifs is 1. The molecule has 2 heterocycles. The van der Waals surface area contributed by atoms with E-state index in [2.05, 4.69) is 15.4 Å². The van der Waals surface area contributed by atoms with Gasteiger partial charge in [0.05, 0.1) is 18.4 Å². The van der Waals surface area contributed by atoms with Gasteiger partial charge in [-0.1, -0.05) is 23.4 Å². The Morgan fingerprint density at radius 3 is 2.57 bits per heavy atom. The SMILES string of the molecule is O=c1c2cnn(-c3ccccc3)c2nnn1C[C@@H](O)C(F)(F)F. The van der Waals surface area contributed by atoms with E-state index in [0.717, 1.165) is 0 Å². The van der Waals surface area contributed by atoms with Gasteiger partial charge in [-0.05, 0) is 12.1 Å². The minimum absolute atomic E-state index is 0.0122. The van der Waals surface area contributed by atoms with E-state index in [1.54, 1.807) is 30.3 Å². The minimum Gasteiger partial charge on any atom is -0.382 e. The fraction of sp³-hybridized carbons (Fsp3) is 0.231. The summed E-state index contributed by atoms with van der Waals surface area (Å²) in [5, 5.41) is 20.3. The molecule has 23 heavy (non-hydrogen) atoms. The van der Waals surface area contributed by atoms with Gasteiger partial charge in [0.2, 0.25) is 0 Å². The number of hydrogen-bond acceptors (Lipinski definition) is 5. The fourth-order valence-electron chi connectivity index (χ4n) is 2.01. The Labute approximate surface area is 126 Å². The highest BCUT2D eigenvalue weighted by Gasteiger charge is 2.39. The van der Waals surface area contributed by atoms with E-state index < -0.39 is 24.4 Å². The van der Waals surface area contributed by atoms with Gasteiger partial charge < -0.3 is 5.11 Å². The van der Waals surface area contributed by atoms with Crippen molar-refractivity contribution in [3.05, 3.63) is 46.9 Å². The Bertz CT molecular complexity index is 888. The first-order valence-electron chi connectivity index (χ1n) is 6.49. The van der Waals surface area contributed by atoms with E-state index >= 15 is 0 Å². The number of para-hydroxylation sites is 1. The Morgan fingerprint density at radius 2 is 1.91 bits per heavy atom. The lowest BCUT2D eigenvalue weighted by atomic mass is 10.3. The van der Waals surface area contributed by atoms with Crippen LogP contribution in [0.3, 0.4) is 0 Å². The lowest BCUT2D eigenvalue weighted by molar-refractivity contribution is -0.208. The van der Waals surface area contributed by atoms with Gasteiger partial charge >= 0.3 is 6.18 Å². The zero-order chi connectivity index (χ0) is 16.6. The molecule has 3 aromatic rings. The van der Waals surface area contributed by atoms with Gasteiger partial charge in [0.15, 0.2) is 11.8 Å². The zero-order valence-corrected chi connectivity index (χ0v) is 11.5. The smallest absolute Gasteiger partial charge is 0.382 e. The summed E-state index contributed by atoms with van der Waals surface area (Å²) in [5.74, 6) is 0. The van der Waals surface area contributed by atoms with E-state index in [-0.39, 0.29) is 11.0 Å². The third-order valence-electron chi connectivity index (χ3n) is 3.18. The largest absolute Gasteiger partial charge is 0.416 e. The highest BCUT2D eigenvalue weighted by atomic mass is 19.4. The standard InChI is InChI=1S/C13H10F3N5O2/c14-13(15,16)10(22)7-20-12(23)9-6-17-21(11(9)18-19-20)8-4-2-1-3-5-8/h1-6,10,22H,7H2/t10-/m1/s1. The molecule has 0 saturated heterocycles. The predicted molar refractivity (Wildman–Crippen MR) is 73.0 cm³/mol. The summed E-state index contributed by atoms with van der Waals surface area (Å²) >= 11 is 0. The lowest BCUT2D eigenvalue weighted by Gasteiger charge is -2.14. The third-order valence-corrected chi connectivity index (χ3v) is 3.18. The average molecular weight is 325 g/mol. The molecule has 7 nitrogen and oxygen atoms in total. The normalized spacial score (nSPS) is 13.4. The van der Waals surface area contributed by atoms with Crippen LogP contribution in [-0.4, -0.2) is 42.2 Å². The summed E-state index contributed by atoms with van der Waals surface area (Å²) in [4.78, 5) is 12.2. The van der Waals surface area contributed by atoms with E-state index in [1.165, 1.54) is 10.9 Å². The minimum atomic E-state index is -4.84. The first kappa shape index (κ1) is 15.2. The maximum atomic E-state index is 12.4. The van der Waals surface area contributed by atoms with Crippen LogP contribution in [0.1, 0.15) is 0 Å². The highest BCUT2D eigenvalue weighted by Crippen LogP contribution is 2.20. The fourth-order valence-corrected chi connectivity index (χ4v) is 2.01. The lowest BCUT2D eigenvalue weighted by Crippen LogP contribution is -2.37. The zero-order valence-electron chi connectivity index (χ0n) is 11.5. The topological polar surface area (TPSA) is 85.8 Å².